The van der Waals surface area contributed by atoms with Crippen molar-refractivity contribution in [3.05, 3.63) is 0 Å². The standard InChI is InChI=1S/C2H6N3/c1-5(2)3-4-5/h1-2H3/q+1. The van der Waals surface area contributed by atoms with Gasteiger partial charge in [-0.05, 0) is 4.70 Å². The molecule has 0 bridgehead atoms. The molecule has 0 saturated carbocycles. The van der Waals surface area contributed by atoms with Gasteiger partial charge in [0.1, 0.15) is 24.5 Å². The molecule has 1 heterocycles. The van der Waals surface area contributed by atoms with Crippen molar-refractivity contribution in [1.82, 2.24) is 0 Å². The van der Waals surface area contributed by atoms with Crippen molar-refractivity contribution in [2.75, 3.05) is 14.1 Å². The minimum Gasteiger partial charge on any atom is -0.0360 e. The zero-order valence-corrected chi connectivity index (χ0v) is 3.34. The summed E-state index contributed by atoms with van der Waals surface area (Å²) >= 11 is 0. The van der Waals surface area contributed by atoms with Gasteiger partial charge in [-0.15, -0.1) is 0 Å². The van der Waals surface area contributed by atoms with Gasteiger partial charge in [0, 0.05) is 0 Å². The molecule has 0 spiro atoms. The molecule has 0 aromatic heterocycles. The second kappa shape index (κ2) is 0.408. The quantitative estimate of drug-likeness (QED) is 0.369. The fraction of sp³-hybridized carbons (Fsp3) is 1.00. The molecule has 0 amide bonds. The lowest BCUT2D eigenvalue weighted by Gasteiger charge is -1.82. The zero-order chi connectivity index (χ0) is 3.91. The van der Waals surface area contributed by atoms with Crippen LogP contribution in [0.25, 0.3) is 0 Å². The lowest BCUT2D eigenvalue weighted by molar-refractivity contribution is -0.808. The van der Waals surface area contributed by atoms with Gasteiger partial charge in [-0.2, -0.15) is 0 Å². The van der Waals surface area contributed by atoms with Crippen molar-refractivity contribution >= 4 is 0 Å². The second-order valence-corrected chi connectivity index (χ2v) is 1.52. The molecule has 0 radical (unpaired) electrons. The number of hydrogen-bond donors (Lipinski definition) is 0. The lowest BCUT2D eigenvalue weighted by atomic mass is 11.1. The highest BCUT2D eigenvalue weighted by atomic mass is 16.0. The van der Waals surface area contributed by atoms with Crippen molar-refractivity contribution in [3.8, 4) is 0 Å². The Balaban J connectivity index is 2.47. The zero-order valence-electron chi connectivity index (χ0n) is 3.34. The Bertz CT molecular complexity index is 65.0. The normalized spacial score (nSPS) is 26.8. The van der Waals surface area contributed by atoms with E-state index in [0.29, 0.717) is 4.70 Å². The van der Waals surface area contributed by atoms with Crippen LogP contribution in [0.3, 0.4) is 0 Å². The summed E-state index contributed by atoms with van der Waals surface area (Å²) in [5, 5.41) is 7.19. The van der Waals surface area contributed by atoms with Crippen LogP contribution >= 0.6 is 0 Å². The van der Waals surface area contributed by atoms with Crippen molar-refractivity contribution in [2.45, 2.75) is 0 Å². The molecule has 1 aliphatic heterocycles. The largest absolute Gasteiger partial charge is 0.124 e. The Labute approximate surface area is 30.5 Å². The van der Waals surface area contributed by atoms with Crippen molar-refractivity contribution in [3.63, 3.8) is 0 Å². The highest BCUT2D eigenvalue weighted by Crippen LogP contribution is 2.13. The van der Waals surface area contributed by atoms with Gasteiger partial charge in [0.05, 0.1) is 0 Å². The van der Waals surface area contributed by atoms with Crippen molar-refractivity contribution < 1.29 is 4.70 Å². The minimum absolute atomic E-state index is 0.500. The molecular formula is C2H6N3+. The second-order valence-electron chi connectivity index (χ2n) is 1.52. The maximum Gasteiger partial charge on any atom is 0.124 e. The maximum atomic E-state index is 3.60. The number of nitrogens with zero attached hydrogens (tertiary/aromatic N) is 3. The predicted molar refractivity (Wildman–Crippen MR) is 17.0 cm³/mol. The lowest BCUT2D eigenvalue weighted by Crippen LogP contribution is -2.08. The molecule has 0 aliphatic carbocycles. The molecule has 1 rings (SSSR count). The van der Waals surface area contributed by atoms with Gasteiger partial charge >= 0.3 is 0 Å². The summed E-state index contributed by atoms with van der Waals surface area (Å²) in [6.07, 6.45) is 0. The Morgan fingerprint density at radius 3 is 1.40 bits per heavy atom. The van der Waals surface area contributed by atoms with Crippen LogP contribution in [0.5, 0.6) is 0 Å². The molecule has 0 N–H and O–H groups in total. The Morgan fingerprint density at radius 2 is 1.40 bits per heavy atom. The first kappa shape index (κ1) is 2.78. The highest BCUT2D eigenvalue weighted by Gasteiger charge is 2.27. The van der Waals surface area contributed by atoms with E-state index in [0.717, 1.165) is 0 Å². The van der Waals surface area contributed by atoms with Crippen LogP contribution < -0.4 is 0 Å². The van der Waals surface area contributed by atoms with Crippen LogP contribution in [0.4, 0.5) is 0 Å². The van der Waals surface area contributed by atoms with Gasteiger partial charge in [-0.1, -0.05) is 0 Å². The van der Waals surface area contributed by atoms with E-state index in [1.165, 1.54) is 0 Å². The number of rotatable bonds is 0. The third kappa shape index (κ3) is 0.417. The molecule has 0 atom stereocenters. The molecule has 28 valence electrons. The average Bonchev–Trinajstić information content (AvgIpc) is 1.76. The van der Waals surface area contributed by atoms with E-state index >= 15 is 0 Å². The fourth-order valence-electron chi connectivity index (χ4n) is 0.0800. The van der Waals surface area contributed by atoms with E-state index < -0.39 is 0 Å². The van der Waals surface area contributed by atoms with E-state index in [9.17, 15) is 0 Å². The summed E-state index contributed by atoms with van der Waals surface area (Å²) in [7, 11) is 3.81. The Hall–Kier alpha value is -0.440. The predicted octanol–water partition coefficient (Wildman–Crippen LogP) is 0.359. The smallest absolute Gasteiger partial charge is 0.0360 e. The van der Waals surface area contributed by atoms with Gasteiger partial charge in [-0.25, -0.2) is 0 Å². The third-order valence-electron chi connectivity index (χ3n) is 0.447. The molecule has 0 unspecified atom stereocenters. The van der Waals surface area contributed by atoms with Gasteiger partial charge in [0.15, 0.2) is 0 Å². The van der Waals surface area contributed by atoms with E-state index in [1.54, 1.807) is 0 Å². The van der Waals surface area contributed by atoms with Crippen LogP contribution in [0.2, 0.25) is 0 Å². The molecule has 0 saturated heterocycles. The summed E-state index contributed by atoms with van der Waals surface area (Å²) in [6, 6.07) is 0. The van der Waals surface area contributed by atoms with Crippen molar-refractivity contribution in [2.24, 2.45) is 10.4 Å². The first-order valence-corrected chi connectivity index (χ1v) is 1.49. The summed E-state index contributed by atoms with van der Waals surface area (Å²) in [5.41, 5.74) is 0. The summed E-state index contributed by atoms with van der Waals surface area (Å²) in [4.78, 5) is 0. The Morgan fingerprint density at radius 1 is 1.20 bits per heavy atom. The van der Waals surface area contributed by atoms with E-state index in [-0.39, 0.29) is 0 Å². The first-order chi connectivity index (χ1) is 2.21. The van der Waals surface area contributed by atoms with Crippen LogP contribution in [0.1, 0.15) is 0 Å². The average molecular weight is 72.1 g/mol. The van der Waals surface area contributed by atoms with E-state index in [4.69, 9.17) is 0 Å². The van der Waals surface area contributed by atoms with Crippen LogP contribution in [-0.4, -0.2) is 18.8 Å². The van der Waals surface area contributed by atoms with Crippen LogP contribution in [0.15, 0.2) is 10.4 Å². The number of quaternary nitrogens is 1. The van der Waals surface area contributed by atoms with Crippen LogP contribution in [-0.2, 0) is 0 Å². The monoisotopic (exact) mass is 72.1 g/mol. The van der Waals surface area contributed by atoms with E-state index in [1.807, 2.05) is 14.1 Å². The topological polar surface area (TPSA) is 24.7 Å². The molecule has 3 nitrogen and oxygen atoms in total. The van der Waals surface area contributed by atoms with Crippen molar-refractivity contribution in [1.29, 1.82) is 0 Å². The molecule has 3 heteroatoms. The fourth-order valence-corrected chi connectivity index (χ4v) is 0.0800. The maximum absolute atomic E-state index is 3.60. The van der Waals surface area contributed by atoms with E-state index in [2.05, 4.69) is 10.4 Å². The molecular weight excluding hydrogens is 66.0 g/mol. The number of hydrogen-bond acceptors (Lipinski definition) is 2. The minimum atomic E-state index is 0.500. The summed E-state index contributed by atoms with van der Waals surface area (Å²) < 4.78 is 0.500. The molecule has 0 aromatic carbocycles. The third-order valence-corrected chi connectivity index (χ3v) is 0.447. The molecule has 0 fully saturated rings. The molecule has 5 heavy (non-hydrogen) atoms. The first-order valence-electron chi connectivity index (χ1n) is 1.49. The summed E-state index contributed by atoms with van der Waals surface area (Å²) in [6.45, 7) is 0. The SMILES string of the molecule is C[N+]1(C)N=N1. The highest BCUT2D eigenvalue weighted by molar-refractivity contribution is 4.04. The van der Waals surface area contributed by atoms with Gasteiger partial charge in [0.2, 0.25) is 0 Å². The Kier molecular flexibility index (Phi) is 0.227. The molecule has 0 aromatic rings. The van der Waals surface area contributed by atoms with Gasteiger partial charge < -0.3 is 0 Å². The summed E-state index contributed by atoms with van der Waals surface area (Å²) in [5.74, 6) is 0. The molecule has 1 aliphatic rings. The van der Waals surface area contributed by atoms with Gasteiger partial charge in [-0.3, -0.25) is 0 Å². The van der Waals surface area contributed by atoms with Crippen LogP contribution in [0, 0.1) is 0 Å². The van der Waals surface area contributed by atoms with Gasteiger partial charge in [0.25, 0.3) is 0 Å².